The number of nitrogens with zero attached hydrogens (tertiary/aromatic N) is 1. The summed E-state index contributed by atoms with van der Waals surface area (Å²) in [6, 6.07) is 17.7. The molecule has 0 atom stereocenters. The van der Waals surface area contributed by atoms with Crippen LogP contribution in [0.5, 0.6) is 0 Å². The van der Waals surface area contributed by atoms with Gasteiger partial charge < -0.3 is 19.2 Å². The van der Waals surface area contributed by atoms with Gasteiger partial charge in [0.1, 0.15) is 16.9 Å². The number of ether oxygens (including phenoxy) is 2. The van der Waals surface area contributed by atoms with Gasteiger partial charge in [0.05, 0.1) is 18.2 Å². The number of fused-ring (bicyclic) bond motifs is 1. The van der Waals surface area contributed by atoms with E-state index in [4.69, 9.17) is 13.9 Å². The molecular formula is C25H26N2O4. The lowest BCUT2D eigenvalue weighted by atomic mass is 10.0. The molecular weight excluding hydrogens is 392 g/mol. The molecule has 0 amide bonds. The molecule has 2 aromatic carbocycles. The fourth-order valence-electron chi connectivity index (χ4n) is 4.22. The van der Waals surface area contributed by atoms with Crippen molar-refractivity contribution in [2.75, 3.05) is 13.2 Å². The van der Waals surface area contributed by atoms with Gasteiger partial charge >= 0.3 is 6.16 Å². The van der Waals surface area contributed by atoms with Crippen LogP contribution in [0.4, 0.5) is 4.79 Å². The van der Waals surface area contributed by atoms with Crippen LogP contribution in [0.3, 0.4) is 0 Å². The van der Waals surface area contributed by atoms with E-state index in [-0.39, 0.29) is 0 Å². The van der Waals surface area contributed by atoms with Crippen molar-refractivity contribution in [2.45, 2.75) is 44.8 Å². The first-order valence-electron chi connectivity index (χ1n) is 10.7. The van der Waals surface area contributed by atoms with E-state index < -0.39 is 11.8 Å². The van der Waals surface area contributed by atoms with Crippen LogP contribution in [0.25, 0.3) is 22.3 Å². The van der Waals surface area contributed by atoms with Gasteiger partial charge in [-0.2, -0.15) is 5.26 Å². The third-order valence-electron chi connectivity index (χ3n) is 5.75. The Balaban J connectivity index is 1.44. The molecule has 0 aliphatic heterocycles. The zero-order valence-corrected chi connectivity index (χ0v) is 17.6. The van der Waals surface area contributed by atoms with Gasteiger partial charge in [0.15, 0.2) is 0 Å². The molecule has 1 N–H and O–H groups in total. The quantitative estimate of drug-likeness (QED) is 0.507. The van der Waals surface area contributed by atoms with Gasteiger partial charge in [-0.15, -0.1) is 0 Å². The van der Waals surface area contributed by atoms with E-state index >= 15 is 0 Å². The largest absolute Gasteiger partial charge is 0.508 e. The summed E-state index contributed by atoms with van der Waals surface area (Å²) in [7, 11) is 0. The minimum absolute atomic E-state index is 0.313. The first-order valence-corrected chi connectivity index (χ1v) is 10.7. The summed E-state index contributed by atoms with van der Waals surface area (Å²) >= 11 is 0. The second-order valence-corrected chi connectivity index (χ2v) is 7.92. The zero-order chi connectivity index (χ0) is 21.7. The molecule has 1 aliphatic rings. The highest BCUT2D eigenvalue weighted by Crippen LogP contribution is 2.34. The van der Waals surface area contributed by atoms with E-state index in [9.17, 15) is 10.1 Å². The van der Waals surface area contributed by atoms with Crippen LogP contribution in [-0.4, -0.2) is 24.9 Å². The average Bonchev–Trinajstić information content (AvgIpc) is 3.40. The first-order chi connectivity index (χ1) is 15.1. The second-order valence-electron chi connectivity index (χ2n) is 7.92. The Morgan fingerprint density at radius 1 is 1.19 bits per heavy atom. The van der Waals surface area contributed by atoms with E-state index in [1.807, 2.05) is 36.4 Å². The summed E-state index contributed by atoms with van der Waals surface area (Å²) in [5, 5.41) is 13.8. The molecule has 160 valence electrons. The molecule has 3 aromatic rings. The third-order valence-corrected chi connectivity index (χ3v) is 5.75. The Kier molecular flexibility index (Phi) is 6.24. The third kappa shape index (κ3) is 4.73. The van der Waals surface area contributed by atoms with E-state index in [1.165, 1.54) is 0 Å². The molecule has 6 nitrogen and oxygen atoms in total. The van der Waals surface area contributed by atoms with Crippen LogP contribution in [0.15, 0.2) is 52.9 Å². The van der Waals surface area contributed by atoms with Crippen LogP contribution >= 0.6 is 0 Å². The van der Waals surface area contributed by atoms with Gasteiger partial charge in [-0.1, -0.05) is 18.2 Å². The Bertz CT molecular complexity index is 1110. The molecule has 31 heavy (non-hydrogen) atoms. The number of hydrogen-bond donors (Lipinski definition) is 1. The van der Waals surface area contributed by atoms with Gasteiger partial charge in [0, 0.05) is 24.0 Å². The zero-order valence-electron chi connectivity index (χ0n) is 17.6. The molecule has 1 aromatic heterocycles. The average molecular weight is 418 g/mol. The number of hydrogen-bond acceptors (Lipinski definition) is 6. The predicted octanol–water partition coefficient (Wildman–Crippen LogP) is 5.55. The molecule has 1 heterocycles. The van der Waals surface area contributed by atoms with Crippen LogP contribution in [0.1, 0.15) is 43.7 Å². The number of nitriles is 1. The van der Waals surface area contributed by atoms with Crippen molar-refractivity contribution in [3.05, 3.63) is 59.7 Å². The van der Waals surface area contributed by atoms with E-state index in [0.717, 1.165) is 47.8 Å². The molecule has 1 saturated carbocycles. The van der Waals surface area contributed by atoms with Gasteiger partial charge in [-0.05, 0) is 68.5 Å². The summed E-state index contributed by atoms with van der Waals surface area (Å²) in [4.78, 5) is 11.8. The Hall–Kier alpha value is -3.30. The number of rotatable bonds is 7. The maximum Gasteiger partial charge on any atom is 0.508 e. The molecule has 0 spiro atoms. The molecule has 6 heteroatoms. The van der Waals surface area contributed by atoms with Crippen molar-refractivity contribution in [2.24, 2.45) is 0 Å². The fourth-order valence-corrected chi connectivity index (χ4v) is 4.22. The first kappa shape index (κ1) is 21.0. The lowest BCUT2D eigenvalue weighted by Crippen LogP contribution is -2.42. The van der Waals surface area contributed by atoms with Crippen molar-refractivity contribution in [1.29, 1.82) is 5.26 Å². The van der Waals surface area contributed by atoms with Gasteiger partial charge in [0.25, 0.3) is 0 Å². The summed E-state index contributed by atoms with van der Waals surface area (Å²) < 4.78 is 16.6. The Morgan fingerprint density at radius 2 is 2.00 bits per heavy atom. The monoisotopic (exact) mass is 418 g/mol. The maximum atomic E-state index is 11.8. The number of nitrogens with one attached hydrogen (secondary N) is 1. The van der Waals surface area contributed by atoms with Gasteiger partial charge in [-0.3, -0.25) is 0 Å². The van der Waals surface area contributed by atoms with Gasteiger partial charge in [0.2, 0.25) is 0 Å². The van der Waals surface area contributed by atoms with Crippen LogP contribution in [0.2, 0.25) is 0 Å². The fraction of sp³-hybridized carbons (Fsp3) is 0.360. The number of furan rings is 1. The van der Waals surface area contributed by atoms with Crippen molar-refractivity contribution >= 4 is 17.1 Å². The Morgan fingerprint density at radius 3 is 2.77 bits per heavy atom. The standard InChI is InChI=1S/C25H26N2O4/c1-2-29-24(28)31-25(11-5-6-12-25)17-27-16-18-9-10-22-20(13-18)14-23(30-22)21-8-4-3-7-19(21)15-26/h3-4,7-10,13-14,27H,2,5-6,11-12,16-17H2,1H3. The number of carbonyl (C=O) groups is 1. The SMILES string of the molecule is CCOC(=O)OC1(CNCc2ccc3oc(-c4ccccc4C#N)cc3c2)CCCC1. The molecule has 1 aliphatic carbocycles. The van der Waals surface area contributed by atoms with Crippen LogP contribution in [0, 0.1) is 11.3 Å². The number of carbonyl (C=O) groups excluding carboxylic acids is 1. The minimum atomic E-state index is -0.587. The predicted molar refractivity (Wildman–Crippen MR) is 117 cm³/mol. The minimum Gasteiger partial charge on any atom is -0.456 e. The lowest BCUT2D eigenvalue weighted by molar-refractivity contribution is -0.0299. The second kappa shape index (κ2) is 9.23. The molecule has 0 saturated heterocycles. The Labute approximate surface area is 181 Å². The molecule has 4 rings (SSSR count). The van der Waals surface area contributed by atoms with Crippen LogP contribution < -0.4 is 5.32 Å². The summed E-state index contributed by atoms with van der Waals surface area (Å²) in [5.74, 6) is 0.685. The molecule has 0 unspecified atom stereocenters. The summed E-state index contributed by atoms with van der Waals surface area (Å²) in [5.41, 5.74) is 2.79. The smallest absolute Gasteiger partial charge is 0.456 e. The normalized spacial score (nSPS) is 15.0. The highest BCUT2D eigenvalue weighted by molar-refractivity contribution is 5.84. The highest BCUT2D eigenvalue weighted by atomic mass is 16.7. The van der Waals surface area contributed by atoms with E-state index in [2.05, 4.69) is 17.5 Å². The van der Waals surface area contributed by atoms with Crippen molar-refractivity contribution in [1.82, 2.24) is 5.32 Å². The van der Waals surface area contributed by atoms with Crippen molar-refractivity contribution in [3.8, 4) is 17.4 Å². The van der Waals surface area contributed by atoms with Crippen molar-refractivity contribution in [3.63, 3.8) is 0 Å². The summed E-state index contributed by atoms with van der Waals surface area (Å²) in [6.45, 7) is 3.33. The van der Waals surface area contributed by atoms with Crippen LogP contribution in [-0.2, 0) is 16.0 Å². The van der Waals surface area contributed by atoms with Gasteiger partial charge in [-0.25, -0.2) is 4.79 Å². The maximum absolute atomic E-state index is 11.8. The molecule has 1 fully saturated rings. The number of benzene rings is 2. The summed E-state index contributed by atoms with van der Waals surface area (Å²) in [6.07, 6.45) is 3.21. The molecule has 0 radical (unpaired) electrons. The van der Waals surface area contributed by atoms with E-state index in [1.54, 1.807) is 13.0 Å². The topological polar surface area (TPSA) is 84.5 Å². The van der Waals surface area contributed by atoms with Crippen molar-refractivity contribution < 1.29 is 18.7 Å². The van der Waals surface area contributed by atoms with E-state index in [0.29, 0.717) is 31.0 Å². The highest BCUT2D eigenvalue weighted by Gasteiger charge is 2.38. The molecule has 0 bridgehead atoms. The lowest BCUT2D eigenvalue weighted by Gasteiger charge is -2.28.